The zero-order chi connectivity index (χ0) is 23.7. The van der Waals surface area contributed by atoms with Gasteiger partial charge in [0.2, 0.25) is 0 Å². The van der Waals surface area contributed by atoms with Crippen LogP contribution in [0, 0.1) is 0 Å². The van der Waals surface area contributed by atoms with Gasteiger partial charge in [-0.3, -0.25) is 0 Å². The molecule has 1 aliphatic carbocycles. The van der Waals surface area contributed by atoms with Gasteiger partial charge >= 0.3 is 0 Å². The molecule has 2 aliphatic rings. The van der Waals surface area contributed by atoms with Crippen LogP contribution in [0.15, 0.2) is 12.2 Å². The van der Waals surface area contributed by atoms with E-state index in [1.54, 1.807) is 0 Å². The molecule has 0 spiro atoms. The second kappa shape index (κ2) is 13.0. The number of hydrogen-bond acceptors (Lipinski definition) is 4. The van der Waals surface area contributed by atoms with Gasteiger partial charge in [-0.15, -0.1) is 0 Å². The third-order valence-corrected chi connectivity index (χ3v) is 12.5. The van der Waals surface area contributed by atoms with Gasteiger partial charge in [0.1, 0.15) is 17.8 Å². The van der Waals surface area contributed by atoms with Crippen molar-refractivity contribution in [2.45, 2.75) is 160 Å². The maximum atomic E-state index is 11.8. The summed E-state index contributed by atoms with van der Waals surface area (Å²) in [5, 5.41) is 11.8. The van der Waals surface area contributed by atoms with E-state index in [0.717, 1.165) is 31.0 Å². The topological polar surface area (TPSA) is 47.9 Å². The van der Waals surface area contributed by atoms with Gasteiger partial charge in [0.05, 0.1) is 6.10 Å². The van der Waals surface area contributed by atoms with Crippen LogP contribution in [0.25, 0.3) is 0 Å². The molecule has 0 aromatic carbocycles. The summed E-state index contributed by atoms with van der Waals surface area (Å²) >= 11 is 0. The van der Waals surface area contributed by atoms with Crippen LogP contribution in [0.4, 0.5) is 0 Å². The van der Waals surface area contributed by atoms with E-state index in [2.05, 4.69) is 33.8 Å². The molecular weight excluding hydrogens is 416 g/mol. The summed E-state index contributed by atoms with van der Waals surface area (Å²) < 4.78 is 19.3. The summed E-state index contributed by atoms with van der Waals surface area (Å²) in [6, 6.07) is 3.28. The average molecular weight is 469 g/mol. The molecule has 0 aromatic rings. The summed E-state index contributed by atoms with van der Waals surface area (Å²) in [7, 11) is -1.82. The minimum absolute atomic E-state index is 0.186. The minimum atomic E-state index is -1.82. The van der Waals surface area contributed by atoms with Crippen LogP contribution in [-0.2, 0) is 13.9 Å². The summed E-state index contributed by atoms with van der Waals surface area (Å²) in [6.45, 7) is 12.9. The van der Waals surface area contributed by atoms with Crippen molar-refractivity contribution >= 4 is 8.32 Å². The Morgan fingerprint density at radius 1 is 0.781 bits per heavy atom. The second-order valence-corrected chi connectivity index (χ2v) is 15.3. The molecule has 1 heterocycles. The zero-order valence-electron chi connectivity index (χ0n) is 22.0. The Hall–Kier alpha value is -0.203. The molecule has 0 radical (unpaired) electrons. The van der Waals surface area contributed by atoms with E-state index < -0.39 is 19.7 Å². The van der Waals surface area contributed by atoms with Crippen molar-refractivity contribution < 1.29 is 19.0 Å². The number of rotatable bonds is 16. The zero-order valence-corrected chi connectivity index (χ0v) is 23.0. The summed E-state index contributed by atoms with van der Waals surface area (Å²) in [5.41, 5.74) is -1.01. The number of hydrogen-bond donors (Lipinski definition) is 1. The molecule has 1 aliphatic heterocycles. The van der Waals surface area contributed by atoms with Gasteiger partial charge < -0.3 is 19.0 Å². The largest absolute Gasteiger partial charge is 0.408 e. The van der Waals surface area contributed by atoms with Crippen molar-refractivity contribution in [1.29, 1.82) is 0 Å². The van der Waals surface area contributed by atoms with E-state index in [4.69, 9.17) is 13.9 Å². The molecule has 5 heteroatoms. The number of ether oxygens (including phenoxy) is 2. The number of unbranched alkanes of at least 4 members (excludes halogenated alkanes) is 9. The van der Waals surface area contributed by atoms with Crippen LogP contribution in [-0.4, -0.2) is 43.1 Å². The second-order valence-electron chi connectivity index (χ2n) is 10.6. The van der Waals surface area contributed by atoms with E-state index in [1.165, 1.54) is 51.4 Å². The van der Waals surface area contributed by atoms with Crippen molar-refractivity contribution in [3.05, 3.63) is 12.2 Å². The quantitative estimate of drug-likeness (QED) is 0.145. The summed E-state index contributed by atoms with van der Waals surface area (Å²) in [6.07, 6.45) is 16.9. The maximum absolute atomic E-state index is 11.8. The Morgan fingerprint density at radius 2 is 1.31 bits per heavy atom. The molecule has 0 unspecified atom stereocenters. The Morgan fingerprint density at radius 3 is 1.84 bits per heavy atom. The standard InChI is InChI=1S/C27H52O4Si/c1-7-11-12-13-14-15-16-17-18-19-22-27(28)24-21-20-23(25(27)30-26(5,6)29-24)31-32(8-2,9-3)10-4/h20-21,23-25,28H,7-19,22H2,1-6H3/t23-,24+,25-,27+/m1/s1. The lowest BCUT2D eigenvalue weighted by molar-refractivity contribution is -0.367. The van der Waals surface area contributed by atoms with Gasteiger partial charge in [0.15, 0.2) is 14.1 Å². The van der Waals surface area contributed by atoms with E-state index in [-0.39, 0.29) is 18.3 Å². The Balaban J connectivity index is 1.92. The molecule has 0 aromatic heterocycles. The van der Waals surface area contributed by atoms with Crippen molar-refractivity contribution in [3.8, 4) is 0 Å². The van der Waals surface area contributed by atoms with E-state index in [1.807, 2.05) is 19.9 Å². The normalized spacial score (nSPS) is 29.4. The van der Waals surface area contributed by atoms with Gasteiger partial charge in [0, 0.05) is 0 Å². The summed E-state index contributed by atoms with van der Waals surface area (Å²) in [5.74, 6) is -0.708. The highest BCUT2D eigenvalue weighted by molar-refractivity contribution is 6.73. The van der Waals surface area contributed by atoms with Crippen molar-refractivity contribution in [2.24, 2.45) is 0 Å². The molecule has 188 valence electrons. The third kappa shape index (κ3) is 7.40. The Kier molecular flexibility index (Phi) is 11.4. The van der Waals surface area contributed by atoms with Crippen molar-refractivity contribution in [3.63, 3.8) is 0 Å². The smallest absolute Gasteiger partial charge is 0.193 e. The van der Waals surface area contributed by atoms with Crippen LogP contribution in [0.2, 0.25) is 18.1 Å². The molecule has 1 fully saturated rings. The highest BCUT2D eigenvalue weighted by atomic mass is 28.4. The fraction of sp³-hybridized carbons (Fsp3) is 0.926. The number of aliphatic hydroxyl groups is 1. The molecule has 4 atom stereocenters. The molecule has 32 heavy (non-hydrogen) atoms. The van der Waals surface area contributed by atoms with Crippen molar-refractivity contribution in [1.82, 2.24) is 0 Å². The van der Waals surface area contributed by atoms with Crippen LogP contribution >= 0.6 is 0 Å². The maximum Gasteiger partial charge on any atom is 0.193 e. The first-order valence-electron chi connectivity index (χ1n) is 13.7. The first kappa shape index (κ1) is 28.0. The van der Waals surface area contributed by atoms with Gasteiger partial charge in [0.25, 0.3) is 0 Å². The van der Waals surface area contributed by atoms with Gasteiger partial charge in [-0.2, -0.15) is 0 Å². The van der Waals surface area contributed by atoms with E-state index in [9.17, 15) is 5.11 Å². The molecule has 1 N–H and O–H groups in total. The SMILES string of the molecule is CCCCCCCCCCCC[C@]1(O)[C@@H]2C=C[C@@H](O[Si](CC)(CC)CC)[C@H]1OC(C)(C)O2. The Bertz CT molecular complexity index is 552. The lowest BCUT2D eigenvalue weighted by atomic mass is 9.77. The molecule has 2 rings (SSSR count). The summed E-state index contributed by atoms with van der Waals surface area (Å²) in [4.78, 5) is 0. The first-order valence-corrected chi connectivity index (χ1v) is 16.2. The van der Waals surface area contributed by atoms with Crippen LogP contribution < -0.4 is 0 Å². The average Bonchev–Trinajstić information content (AvgIpc) is 2.77. The van der Waals surface area contributed by atoms with Gasteiger partial charge in [-0.05, 0) is 38.4 Å². The fourth-order valence-electron chi connectivity index (χ4n) is 5.44. The monoisotopic (exact) mass is 468 g/mol. The first-order chi connectivity index (χ1) is 15.3. The predicted molar refractivity (Wildman–Crippen MR) is 136 cm³/mol. The lowest BCUT2D eigenvalue weighted by Crippen LogP contribution is -2.68. The van der Waals surface area contributed by atoms with Gasteiger partial charge in [-0.1, -0.05) is 104 Å². The molecule has 0 amide bonds. The molecule has 4 nitrogen and oxygen atoms in total. The number of fused-ring (bicyclic) bond motifs is 2. The van der Waals surface area contributed by atoms with Crippen LogP contribution in [0.3, 0.4) is 0 Å². The predicted octanol–water partition coefficient (Wildman–Crippen LogP) is 7.51. The van der Waals surface area contributed by atoms with Gasteiger partial charge in [-0.25, -0.2) is 0 Å². The highest BCUT2D eigenvalue weighted by Gasteiger charge is 2.57. The lowest BCUT2D eigenvalue weighted by Gasteiger charge is -2.55. The molecule has 1 saturated heterocycles. The fourth-order valence-corrected chi connectivity index (χ4v) is 8.22. The van der Waals surface area contributed by atoms with E-state index >= 15 is 0 Å². The highest BCUT2D eigenvalue weighted by Crippen LogP contribution is 2.44. The minimum Gasteiger partial charge on any atom is -0.408 e. The molecular formula is C27H52O4Si. The van der Waals surface area contributed by atoms with Crippen molar-refractivity contribution in [2.75, 3.05) is 0 Å². The third-order valence-electron chi connectivity index (χ3n) is 7.83. The van der Waals surface area contributed by atoms with Crippen LogP contribution in [0.5, 0.6) is 0 Å². The molecule has 2 bridgehead atoms. The molecule has 0 saturated carbocycles. The Labute approximate surface area is 199 Å². The van der Waals surface area contributed by atoms with E-state index in [0.29, 0.717) is 6.42 Å². The van der Waals surface area contributed by atoms with Crippen LogP contribution in [0.1, 0.15) is 112 Å².